The Balaban J connectivity index is 1.59. The van der Waals surface area contributed by atoms with Crippen molar-refractivity contribution in [3.63, 3.8) is 0 Å². The highest BCUT2D eigenvalue weighted by Crippen LogP contribution is 2.25. The maximum atomic E-state index is 12.0. The van der Waals surface area contributed by atoms with E-state index in [1.54, 1.807) is 24.9 Å². The number of carbonyl (C=O) groups is 3. The highest BCUT2D eigenvalue weighted by Gasteiger charge is 2.35. The van der Waals surface area contributed by atoms with E-state index in [0.29, 0.717) is 45.0 Å². The van der Waals surface area contributed by atoms with E-state index in [2.05, 4.69) is 9.88 Å². The molecule has 3 rings (SSSR count). The van der Waals surface area contributed by atoms with Crippen molar-refractivity contribution in [3.05, 3.63) is 18.3 Å². The number of rotatable bonds is 5. The minimum atomic E-state index is -0.466. The Morgan fingerprint density at radius 2 is 2.11 bits per heavy atom. The van der Waals surface area contributed by atoms with Gasteiger partial charge in [0.25, 0.3) is 0 Å². The van der Waals surface area contributed by atoms with Crippen LogP contribution in [0.1, 0.15) is 13.8 Å². The van der Waals surface area contributed by atoms with Gasteiger partial charge in [-0.25, -0.2) is 14.6 Å². The molecule has 2 aliphatic rings. The Bertz CT molecular complexity index is 687. The van der Waals surface area contributed by atoms with Crippen LogP contribution in [0, 0.1) is 5.92 Å². The van der Waals surface area contributed by atoms with Crippen LogP contribution in [0.4, 0.5) is 21.1 Å². The SMILES string of the molecule is CCOC(=O)N1CCN(c2ccc(N3CC(C(C)C=O)OC3=O)cn2)CC1. The van der Waals surface area contributed by atoms with Crippen LogP contribution >= 0.6 is 0 Å². The number of hydrogen-bond donors (Lipinski definition) is 0. The molecule has 1 aromatic heterocycles. The molecular weight excluding hydrogens is 352 g/mol. The summed E-state index contributed by atoms with van der Waals surface area (Å²) in [4.78, 5) is 44.4. The summed E-state index contributed by atoms with van der Waals surface area (Å²) in [5, 5.41) is 0. The number of ether oxygens (including phenoxy) is 2. The van der Waals surface area contributed by atoms with Crippen LogP contribution in [0.3, 0.4) is 0 Å². The normalized spacial score (nSPS) is 21.0. The summed E-state index contributed by atoms with van der Waals surface area (Å²) < 4.78 is 10.3. The second-order valence-electron chi connectivity index (χ2n) is 6.58. The molecule has 0 radical (unpaired) electrons. The summed E-state index contributed by atoms with van der Waals surface area (Å²) in [5.41, 5.74) is 0.634. The minimum absolute atomic E-state index is 0.285. The number of carbonyl (C=O) groups excluding carboxylic acids is 3. The van der Waals surface area contributed by atoms with Crippen molar-refractivity contribution in [1.82, 2.24) is 9.88 Å². The topological polar surface area (TPSA) is 92.3 Å². The van der Waals surface area contributed by atoms with E-state index in [1.165, 1.54) is 4.90 Å². The molecule has 2 aliphatic heterocycles. The molecule has 27 heavy (non-hydrogen) atoms. The fraction of sp³-hybridized carbons (Fsp3) is 0.556. The number of aldehydes is 1. The first-order chi connectivity index (χ1) is 13.0. The van der Waals surface area contributed by atoms with Crippen molar-refractivity contribution in [3.8, 4) is 0 Å². The molecule has 2 unspecified atom stereocenters. The van der Waals surface area contributed by atoms with Crippen LogP contribution in [0.5, 0.6) is 0 Å². The highest BCUT2D eigenvalue weighted by atomic mass is 16.6. The Morgan fingerprint density at radius 3 is 2.70 bits per heavy atom. The zero-order valence-corrected chi connectivity index (χ0v) is 15.5. The molecule has 9 nitrogen and oxygen atoms in total. The van der Waals surface area contributed by atoms with Crippen LogP contribution in [0.2, 0.25) is 0 Å². The van der Waals surface area contributed by atoms with Crippen molar-refractivity contribution in [2.24, 2.45) is 5.92 Å². The van der Waals surface area contributed by atoms with Gasteiger partial charge < -0.3 is 24.1 Å². The Morgan fingerprint density at radius 1 is 1.37 bits per heavy atom. The molecule has 0 saturated carbocycles. The van der Waals surface area contributed by atoms with Gasteiger partial charge in [-0.1, -0.05) is 6.92 Å². The first-order valence-electron chi connectivity index (χ1n) is 9.09. The maximum absolute atomic E-state index is 12.0. The van der Waals surface area contributed by atoms with E-state index in [0.717, 1.165) is 12.1 Å². The van der Waals surface area contributed by atoms with Gasteiger partial charge in [0.15, 0.2) is 0 Å². The monoisotopic (exact) mass is 376 g/mol. The molecule has 1 aromatic rings. The number of anilines is 2. The molecule has 0 N–H and O–H groups in total. The lowest BCUT2D eigenvalue weighted by Crippen LogP contribution is -2.49. The molecule has 2 fully saturated rings. The third kappa shape index (κ3) is 4.12. The van der Waals surface area contributed by atoms with E-state index < -0.39 is 12.2 Å². The van der Waals surface area contributed by atoms with Gasteiger partial charge >= 0.3 is 12.2 Å². The van der Waals surface area contributed by atoms with Crippen LogP contribution in [0.25, 0.3) is 0 Å². The van der Waals surface area contributed by atoms with Gasteiger partial charge in [-0.2, -0.15) is 0 Å². The highest BCUT2D eigenvalue weighted by molar-refractivity contribution is 5.90. The number of hydrogen-bond acceptors (Lipinski definition) is 7. The van der Waals surface area contributed by atoms with Crippen molar-refractivity contribution in [2.75, 3.05) is 49.1 Å². The number of amides is 2. The molecule has 0 aliphatic carbocycles. The van der Waals surface area contributed by atoms with E-state index in [9.17, 15) is 14.4 Å². The summed E-state index contributed by atoms with van der Waals surface area (Å²) >= 11 is 0. The molecule has 0 aromatic carbocycles. The molecule has 0 bridgehead atoms. The average Bonchev–Trinajstić information content (AvgIpc) is 3.09. The largest absolute Gasteiger partial charge is 0.450 e. The molecule has 2 atom stereocenters. The lowest BCUT2D eigenvalue weighted by molar-refractivity contribution is -0.112. The quantitative estimate of drug-likeness (QED) is 0.720. The number of cyclic esters (lactones) is 1. The lowest BCUT2D eigenvalue weighted by Gasteiger charge is -2.34. The minimum Gasteiger partial charge on any atom is -0.450 e. The summed E-state index contributed by atoms with van der Waals surface area (Å²) in [6.45, 7) is 6.69. The van der Waals surface area contributed by atoms with Crippen molar-refractivity contribution < 1.29 is 23.9 Å². The molecule has 146 valence electrons. The number of pyridine rings is 1. The number of aromatic nitrogens is 1. The standard InChI is InChI=1S/C18H24N4O5/c1-3-26-17(24)21-8-6-20(7-9-21)16-5-4-14(10-19-16)22-11-15(13(2)12-23)27-18(22)25/h4-5,10,12-13,15H,3,6-9,11H2,1-2H3. The van der Waals surface area contributed by atoms with Crippen molar-refractivity contribution in [1.29, 1.82) is 0 Å². The van der Waals surface area contributed by atoms with Crippen LogP contribution in [-0.2, 0) is 14.3 Å². The summed E-state index contributed by atoms with van der Waals surface area (Å²) in [6.07, 6.45) is 1.23. The molecule has 3 heterocycles. The summed E-state index contributed by atoms with van der Waals surface area (Å²) in [7, 11) is 0. The Hall–Kier alpha value is -2.84. The predicted octanol–water partition coefficient (Wildman–Crippen LogP) is 1.52. The Labute approximate surface area is 157 Å². The van der Waals surface area contributed by atoms with Gasteiger partial charge in [-0.05, 0) is 19.1 Å². The Kier molecular flexibility index (Phi) is 5.78. The van der Waals surface area contributed by atoms with Gasteiger partial charge in [0.1, 0.15) is 18.2 Å². The fourth-order valence-corrected chi connectivity index (χ4v) is 3.11. The second kappa shape index (κ2) is 8.24. The first kappa shape index (κ1) is 18.9. The summed E-state index contributed by atoms with van der Waals surface area (Å²) in [6, 6.07) is 3.66. The predicted molar refractivity (Wildman–Crippen MR) is 97.9 cm³/mol. The third-order valence-electron chi connectivity index (χ3n) is 4.81. The van der Waals surface area contributed by atoms with E-state index in [1.807, 2.05) is 12.1 Å². The van der Waals surface area contributed by atoms with Crippen molar-refractivity contribution >= 4 is 30.0 Å². The fourth-order valence-electron chi connectivity index (χ4n) is 3.11. The molecule has 2 amide bonds. The maximum Gasteiger partial charge on any atom is 0.414 e. The zero-order valence-electron chi connectivity index (χ0n) is 15.5. The molecule has 9 heteroatoms. The van der Waals surface area contributed by atoms with Gasteiger partial charge in [-0.3, -0.25) is 4.90 Å². The van der Waals surface area contributed by atoms with Gasteiger partial charge in [0, 0.05) is 26.2 Å². The third-order valence-corrected chi connectivity index (χ3v) is 4.81. The lowest BCUT2D eigenvalue weighted by atomic mass is 10.1. The molecular formula is C18H24N4O5. The first-order valence-corrected chi connectivity index (χ1v) is 9.09. The molecule has 2 saturated heterocycles. The van der Waals surface area contributed by atoms with E-state index in [4.69, 9.17) is 9.47 Å². The van der Waals surface area contributed by atoms with Crippen LogP contribution in [0.15, 0.2) is 18.3 Å². The van der Waals surface area contributed by atoms with Crippen LogP contribution in [-0.4, -0.2) is 73.8 Å². The second-order valence-corrected chi connectivity index (χ2v) is 6.58. The summed E-state index contributed by atoms with van der Waals surface area (Å²) in [5.74, 6) is 0.439. The number of piperazine rings is 1. The van der Waals surface area contributed by atoms with Gasteiger partial charge in [0.05, 0.1) is 31.0 Å². The van der Waals surface area contributed by atoms with Crippen LogP contribution < -0.4 is 9.80 Å². The van der Waals surface area contributed by atoms with Gasteiger partial charge in [0.2, 0.25) is 0 Å². The van der Waals surface area contributed by atoms with E-state index >= 15 is 0 Å². The zero-order chi connectivity index (χ0) is 19.4. The smallest absolute Gasteiger partial charge is 0.414 e. The van der Waals surface area contributed by atoms with Crippen molar-refractivity contribution in [2.45, 2.75) is 20.0 Å². The average molecular weight is 376 g/mol. The molecule has 0 spiro atoms. The van der Waals surface area contributed by atoms with Gasteiger partial charge in [-0.15, -0.1) is 0 Å². The number of nitrogens with zero attached hydrogens (tertiary/aromatic N) is 4. The van der Waals surface area contributed by atoms with E-state index in [-0.39, 0.29) is 12.0 Å².